The first kappa shape index (κ1) is 15.4. The van der Waals surface area contributed by atoms with E-state index in [9.17, 15) is 0 Å². The molecule has 0 saturated heterocycles. The maximum absolute atomic E-state index is 6.05. The molecule has 0 saturated carbocycles. The van der Waals surface area contributed by atoms with E-state index in [-0.39, 0.29) is 0 Å². The minimum absolute atomic E-state index is 0.371. The van der Waals surface area contributed by atoms with E-state index in [1.54, 1.807) is 0 Å². The Labute approximate surface area is 130 Å². The summed E-state index contributed by atoms with van der Waals surface area (Å²) in [5.41, 5.74) is 2.48. The van der Waals surface area contributed by atoms with Gasteiger partial charge in [0, 0.05) is 12.6 Å². The van der Waals surface area contributed by atoms with Gasteiger partial charge in [-0.05, 0) is 29.7 Å². The number of benzene rings is 2. The van der Waals surface area contributed by atoms with E-state index < -0.39 is 0 Å². The monoisotopic (exact) mass is 307 g/mol. The predicted molar refractivity (Wildman–Crippen MR) is 87.4 cm³/mol. The highest BCUT2D eigenvalue weighted by Crippen LogP contribution is 2.24. The summed E-state index contributed by atoms with van der Waals surface area (Å²) in [6, 6.07) is 16.7. The molecule has 2 rings (SSSR count). The van der Waals surface area contributed by atoms with Crippen molar-refractivity contribution >= 4 is 23.2 Å². The molecule has 0 fully saturated rings. The number of hydrogen-bond donors (Lipinski definition) is 1. The number of halogens is 2. The molecule has 0 aliphatic carbocycles. The zero-order valence-corrected chi connectivity index (χ0v) is 13.1. The molecule has 0 aliphatic heterocycles. The van der Waals surface area contributed by atoms with Crippen molar-refractivity contribution in [2.75, 3.05) is 0 Å². The third-order valence-electron chi connectivity index (χ3n) is 3.32. The van der Waals surface area contributed by atoms with Crippen LogP contribution in [0.15, 0.2) is 48.5 Å². The molecule has 106 valence electrons. The lowest BCUT2D eigenvalue weighted by Gasteiger charge is -2.19. The van der Waals surface area contributed by atoms with Crippen LogP contribution < -0.4 is 5.32 Å². The van der Waals surface area contributed by atoms with Crippen molar-refractivity contribution in [1.29, 1.82) is 0 Å². The summed E-state index contributed by atoms with van der Waals surface area (Å²) in [5.74, 6) is 0. The highest BCUT2D eigenvalue weighted by atomic mass is 35.5. The SMILES string of the molecule is CCCC(NCc1ccc(Cl)c(Cl)c1)c1ccccc1. The third-order valence-corrected chi connectivity index (χ3v) is 4.05. The molecule has 0 aromatic heterocycles. The topological polar surface area (TPSA) is 12.0 Å². The van der Waals surface area contributed by atoms with Crippen molar-refractivity contribution in [2.45, 2.75) is 32.4 Å². The minimum Gasteiger partial charge on any atom is -0.306 e. The van der Waals surface area contributed by atoms with E-state index in [2.05, 4.69) is 36.5 Å². The van der Waals surface area contributed by atoms with Gasteiger partial charge in [0.05, 0.1) is 10.0 Å². The minimum atomic E-state index is 0.371. The molecular formula is C17H19Cl2N. The highest BCUT2D eigenvalue weighted by Gasteiger charge is 2.09. The fraction of sp³-hybridized carbons (Fsp3) is 0.294. The summed E-state index contributed by atoms with van der Waals surface area (Å²) >= 11 is 12.0. The summed E-state index contributed by atoms with van der Waals surface area (Å²) in [4.78, 5) is 0. The van der Waals surface area contributed by atoms with Crippen molar-refractivity contribution in [2.24, 2.45) is 0 Å². The van der Waals surface area contributed by atoms with Crippen LogP contribution in [0.25, 0.3) is 0 Å². The van der Waals surface area contributed by atoms with Gasteiger partial charge in [0.15, 0.2) is 0 Å². The standard InChI is InChI=1S/C17H19Cl2N/c1-2-6-17(14-7-4-3-5-8-14)20-12-13-9-10-15(18)16(19)11-13/h3-5,7-11,17,20H,2,6,12H2,1H3. The smallest absolute Gasteiger partial charge is 0.0595 e. The highest BCUT2D eigenvalue weighted by molar-refractivity contribution is 6.42. The van der Waals surface area contributed by atoms with Crippen LogP contribution in [-0.2, 0) is 6.54 Å². The number of rotatable bonds is 6. The summed E-state index contributed by atoms with van der Waals surface area (Å²) in [7, 11) is 0. The zero-order chi connectivity index (χ0) is 14.4. The summed E-state index contributed by atoms with van der Waals surface area (Å²) in [5, 5.41) is 4.81. The van der Waals surface area contributed by atoms with Crippen LogP contribution in [0.5, 0.6) is 0 Å². The largest absolute Gasteiger partial charge is 0.306 e. The molecule has 1 unspecified atom stereocenters. The predicted octanol–water partition coefficient (Wildman–Crippen LogP) is 5.62. The lowest BCUT2D eigenvalue weighted by atomic mass is 10.0. The Balaban J connectivity index is 2.03. The van der Waals surface area contributed by atoms with Crippen LogP contribution in [0.1, 0.15) is 36.9 Å². The van der Waals surface area contributed by atoms with Crippen molar-refractivity contribution in [3.8, 4) is 0 Å². The molecule has 1 nitrogen and oxygen atoms in total. The quantitative estimate of drug-likeness (QED) is 0.730. The summed E-state index contributed by atoms with van der Waals surface area (Å²) < 4.78 is 0. The summed E-state index contributed by atoms with van der Waals surface area (Å²) in [6.45, 7) is 2.99. The van der Waals surface area contributed by atoms with Gasteiger partial charge >= 0.3 is 0 Å². The van der Waals surface area contributed by atoms with E-state index >= 15 is 0 Å². The van der Waals surface area contributed by atoms with Crippen LogP contribution >= 0.6 is 23.2 Å². The maximum atomic E-state index is 6.05. The van der Waals surface area contributed by atoms with Crippen LogP contribution in [0, 0.1) is 0 Å². The molecule has 0 amide bonds. The Hall–Kier alpha value is -1.02. The van der Waals surface area contributed by atoms with Gasteiger partial charge in [-0.25, -0.2) is 0 Å². The fourth-order valence-electron chi connectivity index (χ4n) is 2.25. The van der Waals surface area contributed by atoms with E-state index in [4.69, 9.17) is 23.2 Å². The average molecular weight is 308 g/mol. The fourth-order valence-corrected chi connectivity index (χ4v) is 2.57. The van der Waals surface area contributed by atoms with Crippen molar-refractivity contribution in [1.82, 2.24) is 5.32 Å². The molecule has 0 radical (unpaired) electrons. The molecule has 0 heterocycles. The lowest BCUT2D eigenvalue weighted by molar-refractivity contribution is 0.493. The maximum Gasteiger partial charge on any atom is 0.0595 e. The second kappa shape index (κ2) is 7.68. The third kappa shape index (κ3) is 4.24. The Kier molecular flexibility index (Phi) is 5.90. The molecular weight excluding hydrogens is 289 g/mol. The molecule has 2 aromatic rings. The Bertz CT molecular complexity index is 540. The number of nitrogens with one attached hydrogen (secondary N) is 1. The Morgan fingerprint density at radius 3 is 2.40 bits per heavy atom. The second-order valence-electron chi connectivity index (χ2n) is 4.88. The van der Waals surface area contributed by atoms with Gasteiger partial charge in [0.25, 0.3) is 0 Å². The molecule has 3 heteroatoms. The summed E-state index contributed by atoms with van der Waals surface area (Å²) in [6.07, 6.45) is 2.26. The van der Waals surface area contributed by atoms with Gasteiger partial charge in [0.2, 0.25) is 0 Å². The molecule has 2 aromatic carbocycles. The molecule has 0 bridgehead atoms. The molecule has 1 atom stereocenters. The van der Waals surface area contributed by atoms with Gasteiger partial charge in [-0.15, -0.1) is 0 Å². The van der Waals surface area contributed by atoms with Gasteiger partial charge in [-0.1, -0.05) is 72.9 Å². The van der Waals surface area contributed by atoms with E-state index in [1.807, 2.05) is 24.3 Å². The van der Waals surface area contributed by atoms with Crippen LogP contribution in [0.4, 0.5) is 0 Å². The number of hydrogen-bond acceptors (Lipinski definition) is 1. The van der Waals surface area contributed by atoms with E-state index in [0.717, 1.165) is 24.9 Å². The zero-order valence-electron chi connectivity index (χ0n) is 11.6. The average Bonchev–Trinajstić information content (AvgIpc) is 2.48. The molecule has 0 spiro atoms. The second-order valence-corrected chi connectivity index (χ2v) is 5.70. The first-order chi connectivity index (χ1) is 9.70. The van der Waals surface area contributed by atoms with Gasteiger partial charge in [0.1, 0.15) is 0 Å². The molecule has 0 aliphatic rings. The lowest BCUT2D eigenvalue weighted by Crippen LogP contribution is -2.20. The Morgan fingerprint density at radius 1 is 1.00 bits per heavy atom. The van der Waals surface area contributed by atoms with E-state index in [1.165, 1.54) is 5.56 Å². The van der Waals surface area contributed by atoms with Crippen LogP contribution in [-0.4, -0.2) is 0 Å². The van der Waals surface area contributed by atoms with Crippen molar-refractivity contribution in [3.05, 3.63) is 69.7 Å². The molecule has 20 heavy (non-hydrogen) atoms. The van der Waals surface area contributed by atoms with E-state index in [0.29, 0.717) is 16.1 Å². The van der Waals surface area contributed by atoms with Crippen LogP contribution in [0.2, 0.25) is 10.0 Å². The van der Waals surface area contributed by atoms with Crippen LogP contribution in [0.3, 0.4) is 0 Å². The Morgan fingerprint density at radius 2 is 1.75 bits per heavy atom. The first-order valence-corrected chi connectivity index (χ1v) is 7.68. The van der Waals surface area contributed by atoms with Gasteiger partial charge in [-0.3, -0.25) is 0 Å². The van der Waals surface area contributed by atoms with Crippen molar-refractivity contribution < 1.29 is 0 Å². The molecule has 1 N–H and O–H groups in total. The van der Waals surface area contributed by atoms with Gasteiger partial charge < -0.3 is 5.32 Å². The first-order valence-electron chi connectivity index (χ1n) is 6.93. The van der Waals surface area contributed by atoms with Gasteiger partial charge in [-0.2, -0.15) is 0 Å². The normalized spacial score (nSPS) is 12.3. The van der Waals surface area contributed by atoms with Crippen molar-refractivity contribution in [3.63, 3.8) is 0 Å².